The summed E-state index contributed by atoms with van der Waals surface area (Å²) < 4.78 is 26.9. The number of aliphatic imine (C=N–C) groups is 1. The molecule has 0 unspecified atom stereocenters. The van der Waals surface area contributed by atoms with Crippen molar-refractivity contribution in [3.8, 4) is 0 Å². The van der Waals surface area contributed by atoms with Crippen LogP contribution in [-0.4, -0.2) is 69.6 Å². The largest absolute Gasteiger partial charge is 0.355 e. The molecule has 0 amide bonds. The molecular weight excluding hydrogens is 503 g/mol. The van der Waals surface area contributed by atoms with Gasteiger partial charge in [-0.05, 0) is 37.8 Å². The van der Waals surface area contributed by atoms with E-state index in [2.05, 4.69) is 30.2 Å². The molecule has 0 bridgehead atoms. The first-order valence-corrected chi connectivity index (χ1v) is 11.7. The Balaban J connectivity index is 0.00000300. The van der Waals surface area contributed by atoms with Gasteiger partial charge in [-0.3, -0.25) is 9.98 Å². The standard InChI is InChI=1S/C19H32N6O2S.HI/c1-20-19(22-11-12-23-28(26,27)18-7-4-10-21-15-18)24-16-8-13-25(14-9-16)17-5-2-3-6-17;/h4,7,10,15-17,23H,2-3,5-6,8-9,11-14H2,1H3,(H2,20,22,24);1H. The summed E-state index contributed by atoms with van der Waals surface area (Å²) >= 11 is 0. The summed E-state index contributed by atoms with van der Waals surface area (Å²) in [5, 5.41) is 6.66. The van der Waals surface area contributed by atoms with Crippen molar-refractivity contribution >= 4 is 40.0 Å². The van der Waals surface area contributed by atoms with Gasteiger partial charge in [0.2, 0.25) is 10.0 Å². The van der Waals surface area contributed by atoms with Gasteiger partial charge in [0.05, 0.1) is 0 Å². The Morgan fingerprint density at radius 3 is 2.55 bits per heavy atom. The number of piperidine rings is 1. The fourth-order valence-corrected chi connectivity index (χ4v) is 5.02. The number of hydrogen-bond acceptors (Lipinski definition) is 5. The number of nitrogens with zero attached hydrogens (tertiary/aromatic N) is 3. The highest BCUT2D eigenvalue weighted by molar-refractivity contribution is 14.0. The van der Waals surface area contributed by atoms with Crippen LogP contribution in [0.25, 0.3) is 0 Å². The third-order valence-corrected chi connectivity index (χ3v) is 7.04. The summed E-state index contributed by atoms with van der Waals surface area (Å²) in [7, 11) is -1.79. The minimum Gasteiger partial charge on any atom is -0.355 e. The first kappa shape index (κ1) is 24.3. The average molecular weight is 536 g/mol. The topological polar surface area (TPSA) is 98.7 Å². The maximum absolute atomic E-state index is 12.2. The molecule has 1 aromatic rings. The average Bonchev–Trinajstić information content (AvgIpc) is 3.26. The third kappa shape index (κ3) is 7.34. The highest BCUT2D eigenvalue weighted by atomic mass is 127. The van der Waals surface area contributed by atoms with Crippen molar-refractivity contribution in [3.63, 3.8) is 0 Å². The van der Waals surface area contributed by atoms with Crippen molar-refractivity contribution in [3.05, 3.63) is 24.5 Å². The van der Waals surface area contributed by atoms with Crippen LogP contribution in [0.1, 0.15) is 38.5 Å². The van der Waals surface area contributed by atoms with Gasteiger partial charge in [0.25, 0.3) is 0 Å². The van der Waals surface area contributed by atoms with E-state index in [1.54, 1.807) is 19.3 Å². The van der Waals surface area contributed by atoms with Crippen LogP contribution in [0.4, 0.5) is 0 Å². The van der Waals surface area contributed by atoms with Gasteiger partial charge in [0.1, 0.15) is 4.90 Å². The number of likely N-dealkylation sites (tertiary alicyclic amines) is 1. The molecular formula is C19H33IN6O2S. The van der Waals surface area contributed by atoms with Crippen LogP contribution in [0.15, 0.2) is 34.4 Å². The van der Waals surface area contributed by atoms with Crippen molar-refractivity contribution in [2.45, 2.75) is 55.5 Å². The van der Waals surface area contributed by atoms with Crippen molar-refractivity contribution in [2.75, 3.05) is 33.2 Å². The second kappa shape index (κ2) is 12.0. The summed E-state index contributed by atoms with van der Waals surface area (Å²) in [4.78, 5) is 10.9. The first-order valence-electron chi connectivity index (χ1n) is 10.2. The van der Waals surface area contributed by atoms with Crippen LogP contribution >= 0.6 is 24.0 Å². The predicted octanol–water partition coefficient (Wildman–Crippen LogP) is 1.55. The number of pyridine rings is 1. The second-order valence-corrected chi connectivity index (χ2v) is 9.25. The Labute approximate surface area is 191 Å². The zero-order valence-corrected chi connectivity index (χ0v) is 20.2. The van der Waals surface area contributed by atoms with Crippen LogP contribution in [0, 0.1) is 0 Å². The molecule has 10 heteroatoms. The van der Waals surface area contributed by atoms with E-state index in [1.807, 2.05) is 0 Å². The Bertz CT molecular complexity index is 732. The van der Waals surface area contributed by atoms with Gasteiger partial charge in [-0.1, -0.05) is 12.8 Å². The fourth-order valence-electron chi connectivity index (χ4n) is 4.02. The summed E-state index contributed by atoms with van der Waals surface area (Å²) in [6.45, 7) is 3.02. The molecule has 29 heavy (non-hydrogen) atoms. The predicted molar refractivity (Wildman–Crippen MR) is 126 cm³/mol. The minimum absolute atomic E-state index is 0. The van der Waals surface area contributed by atoms with Crippen LogP contribution in [0.2, 0.25) is 0 Å². The van der Waals surface area contributed by atoms with Crippen molar-refractivity contribution in [2.24, 2.45) is 4.99 Å². The summed E-state index contributed by atoms with van der Waals surface area (Å²) in [5.41, 5.74) is 0. The maximum Gasteiger partial charge on any atom is 0.242 e. The van der Waals surface area contributed by atoms with E-state index in [0.717, 1.165) is 37.9 Å². The number of guanidine groups is 1. The third-order valence-electron chi connectivity index (χ3n) is 5.59. The van der Waals surface area contributed by atoms with E-state index in [9.17, 15) is 8.42 Å². The molecule has 2 aliphatic rings. The maximum atomic E-state index is 12.2. The lowest BCUT2D eigenvalue weighted by molar-refractivity contribution is 0.150. The molecule has 0 radical (unpaired) electrons. The normalized spacial score (nSPS) is 19.7. The van der Waals surface area contributed by atoms with Crippen molar-refractivity contribution in [1.29, 1.82) is 0 Å². The second-order valence-electron chi connectivity index (χ2n) is 7.48. The molecule has 8 nitrogen and oxygen atoms in total. The molecule has 3 N–H and O–H groups in total. The van der Waals surface area contributed by atoms with E-state index in [4.69, 9.17) is 0 Å². The molecule has 0 aromatic carbocycles. The molecule has 2 heterocycles. The monoisotopic (exact) mass is 536 g/mol. The van der Waals surface area contributed by atoms with Gasteiger partial charge in [0.15, 0.2) is 5.96 Å². The number of hydrogen-bond donors (Lipinski definition) is 3. The van der Waals surface area contributed by atoms with Gasteiger partial charge < -0.3 is 15.5 Å². The summed E-state index contributed by atoms with van der Waals surface area (Å²) in [5.74, 6) is 0.722. The van der Waals surface area contributed by atoms with Gasteiger partial charge in [-0.25, -0.2) is 13.1 Å². The summed E-state index contributed by atoms with van der Waals surface area (Å²) in [6, 6.07) is 4.35. The van der Waals surface area contributed by atoms with E-state index in [0.29, 0.717) is 12.6 Å². The quantitative estimate of drug-likeness (QED) is 0.212. The highest BCUT2D eigenvalue weighted by Crippen LogP contribution is 2.26. The summed E-state index contributed by atoms with van der Waals surface area (Å²) in [6.07, 6.45) is 10.6. The van der Waals surface area contributed by atoms with Crippen LogP contribution in [0.3, 0.4) is 0 Å². The molecule has 1 aromatic heterocycles. The van der Waals surface area contributed by atoms with Crippen LogP contribution in [0.5, 0.6) is 0 Å². The lowest BCUT2D eigenvalue weighted by Crippen LogP contribution is -2.51. The Morgan fingerprint density at radius 2 is 1.93 bits per heavy atom. The van der Waals surface area contributed by atoms with E-state index in [1.165, 1.54) is 37.9 Å². The zero-order chi connectivity index (χ0) is 19.8. The van der Waals surface area contributed by atoms with Gasteiger partial charge in [-0.15, -0.1) is 24.0 Å². The SMILES string of the molecule is CN=C(NCCNS(=O)(=O)c1cccnc1)NC1CCN(C2CCCC2)CC1.I. The van der Waals surface area contributed by atoms with Crippen molar-refractivity contribution < 1.29 is 8.42 Å². The Kier molecular flexibility index (Phi) is 10.1. The van der Waals surface area contributed by atoms with E-state index >= 15 is 0 Å². The molecule has 3 rings (SSSR count). The minimum atomic E-state index is -3.52. The molecule has 0 atom stereocenters. The van der Waals surface area contributed by atoms with E-state index in [-0.39, 0.29) is 35.4 Å². The zero-order valence-electron chi connectivity index (χ0n) is 17.0. The Morgan fingerprint density at radius 1 is 1.21 bits per heavy atom. The number of halogens is 1. The molecule has 1 saturated carbocycles. The van der Waals surface area contributed by atoms with Gasteiger partial charge >= 0.3 is 0 Å². The molecule has 0 spiro atoms. The molecule has 164 valence electrons. The van der Waals surface area contributed by atoms with Gasteiger partial charge in [-0.2, -0.15) is 0 Å². The van der Waals surface area contributed by atoms with Crippen LogP contribution in [-0.2, 0) is 10.0 Å². The number of nitrogens with one attached hydrogen (secondary N) is 3. The Hall–Kier alpha value is -0.980. The van der Waals surface area contributed by atoms with Gasteiger partial charge in [0, 0.05) is 57.7 Å². The molecule has 1 saturated heterocycles. The highest BCUT2D eigenvalue weighted by Gasteiger charge is 2.27. The molecule has 1 aliphatic carbocycles. The van der Waals surface area contributed by atoms with Crippen molar-refractivity contribution in [1.82, 2.24) is 25.2 Å². The number of rotatable bonds is 7. The molecule has 2 fully saturated rings. The first-order chi connectivity index (χ1) is 13.6. The van der Waals surface area contributed by atoms with E-state index < -0.39 is 10.0 Å². The lowest BCUT2D eigenvalue weighted by Gasteiger charge is -2.36. The lowest BCUT2D eigenvalue weighted by atomic mass is 10.0. The van der Waals surface area contributed by atoms with Crippen LogP contribution < -0.4 is 15.4 Å². The molecule has 1 aliphatic heterocycles. The fraction of sp³-hybridized carbons (Fsp3) is 0.684. The number of aromatic nitrogens is 1. The smallest absolute Gasteiger partial charge is 0.242 e. The number of sulfonamides is 1.